The number of sulfonamides is 1. The van der Waals surface area contributed by atoms with E-state index in [0.717, 1.165) is 53.4 Å². The van der Waals surface area contributed by atoms with E-state index in [0.29, 0.717) is 24.3 Å². The highest BCUT2D eigenvalue weighted by Gasteiger charge is 2.73. The lowest BCUT2D eigenvalue weighted by Gasteiger charge is -2.38. The number of fused-ring (bicyclic) bond motifs is 1. The van der Waals surface area contributed by atoms with Gasteiger partial charge in [0.05, 0.1) is 17.1 Å². The van der Waals surface area contributed by atoms with E-state index in [-0.39, 0.29) is 23.3 Å². The number of benzene rings is 4. The van der Waals surface area contributed by atoms with Gasteiger partial charge in [-0.25, -0.2) is 34.7 Å². The molecule has 4 aromatic carbocycles. The van der Waals surface area contributed by atoms with Gasteiger partial charge in [0.15, 0.2) is 9.84 Å². The van der Waals surface area contributed by atoms with Crippen LogP contribution in [-0.4, -0.2) is 59.0 Å². The fraction of sp³-hybridized carbons (Fsp3) is 0.235. The maximum Gasteiger partial charge on any atom is 0.430 e. The molecule has 0 bridgehead atoms. The largest absolute Gasteiger partial charge is 0.430 e. The summed E-state index contributed by atoms with van der Waals surface area (Å²) in [4.78, 5) is 25.6. The van der Waals surface area contributed by atoms with Crippen molar-refractivity contribution in [3.63, 3.8) is 0 Å². The molecule has 0 aliphatic carbocycles. The molecule has 0 saturated carbocycles. The third kappa shape index (κ3) is 6.18. The van der Waals surface area contributed by atoms with Crippen molar-refractivity contribution >= 4 is 31.7 Å². The zero-order valence-electron chi connectivity index (χ0n) is 26.9. The van der Waals surface area contributed by atoms with Gasteiger partial charge in [0.1, 0.15) is 27.1 Å². The molecule has 1 fully saturated rings. The van der Waals surface area contributed by atoms with Crippen LogP contribution in [0.1, 0.15) is 43.8 Å². The summed E-state index contributed by atoms with van der Waals surface area (Å²) in [7, 11) is -9.11. The Balaban J connectivity index is 1.44. The van der Waals surface area contributed by atoms with Gasteiger partial charge in [-0.15, -0.1) is 0 Å². The lowest BCUT2D eigenvalue weighted by Crippen LogP contribution is -2.56. The molecule has 54 heavy (non-hydrogen) atoms. The van der Waals surface area contributed by atoms with Crippen molar-refractivity contribution in [2.45, 2.75) is 45.5 Å². The molecule has 2 amide bonds. The predicted molar refractivity (Wildman–Crippen MR) is 168 cm³/mol. The van der Waals surface area contributed by atoms with E-state index in [4.69, 9.17) is 0 Å². The standard InChI is InChI=1S/C34H23F9N2O7S2/c35-22-9-11-23(12-10-22)53(48,49)31(14-15-45(18-31)30(47)19-4-13-24-28(16-19)54(50,51)44-29(24)46)20-5-7-21(8-6-20)32(33(38,39)40,34(41,42)43)52-17-25-26(36)2-1-3-27(25)37/h1-13,16H,14-15,17-18H2,(H,44,46)/t31-/m0/s1. The number of alkyl halides is 6. The van der Waals surface area contributed by atoms with Crippen LogP contribution in [0, 0.1) is 17.5 Å². The molecule has 0 radical (unpaired) electrons. The van der Waals surface area contributed by atoms with Gasteiger partial charge in [-0.1, -0.05) is 30.3 Å². The molecule has 1 atom stereocenters. The second-order valence-corrected chi connectivity index (χ2v) is 16.2. The quantitative estimate of drug-likeness (QED) is 0.164. The molecule has 286 valence electrons. The second-order valence-electron chi connectivity index (χ2n) is 12.3. The lowest BCUT2D eigenvalue weighted by atomic mass is 9.88. The number of nitrogens with one attached hydrogen (secondary N) is 1. The maximum absolute atomic E-state index is 14.6. The third-order valence-corrected chi connectivity index (χ3v) is 13.1. The van der Waals surface area contributed by atoms with Crippen LogP contribution in [-0.2, 0) is 41.6 Å². The minimum Gasteiger partial charge on any atom is -0.349 e. The molecule has 1 saturated heterocycles. The molecule has 2 aliphatic heterocycles. The van der Waals surface area contributed by atoms with Crippen molar-refractivity contribution < 1.29 is 70.7 Å². The van der Waals surface area contributed by atoms with Crippen LogP contribution in [0.15, 0.2) is 94.7 Å². The van der Waals surface area contributed by atoms with Crippen LogP contribution in [0.5, 0.6) is 0 Å². The minimum atomic E-state index is -6.30. The van der Waals surface area contributed by atoms with Crippen molar-refractivity contribution in [1.82, 2.24) is 9.62 Å². The Morgan fingerprint density at radius 2 is 1.44 bits per heavy atom. The smallest absolute Gasteiger partial charge is 0.349 e. The average molecular weight is 807 g/mol. The van der Waals surface area contributed by atoms with Crippen LogP contribution in [0.4, 0.5) is 39.5 Å². The number of likely N-dealkylation sites (tertiary alicyclic amines) is 1. The molecule has 4 aromatic rings. The van der Waals surface area contributed by atoms with Crippen molar-refractivity contribution in [3.05, 3.63) is 130 Å². The Bertz CT molecular complexity index is 2350. The molecule has 6 rings (SSSR count). The normalized spacial score (nSPS) is 18.8. The van der Waals surface area contributed by atoms with E-state index >= 15 is 0 Å². The van der Waals surface area contributed by atoms with Gasteiger partial charge in [-0.3, -0.25) is 9.59 Å². The fourth-order valence-corrected chi connectivity index (χ4v) is 9.75. The van der Waals surface area contributed by atoms with Crippen LogP contribution in [0.2, 0.25) is 0 Å². The van der Waals surface area contributed by atoms with E-state index in [1.165, 1.54) is 0 Å². The summed E-state index contributed by atoms with van der Waals surface area (Å²) < 4.78 is 187. The Labute approximate surface area is 300 Å². The zero-order chi connectivity index (χ0) is 39.6. The zero-order valence-corrected chi connectivity index (χ0v) is 28.6. The summed E-state index contributed by atoms with van der Waals surface area (Å²) in [5.41, 5.74) is -9.02. The maximum atomic E-state index is 14.6. The van der Waals surface area contributed by atoms with Gasteiger partial charge in [0.25, 0.3) is 27.4 Å². The summed E-state index contributed by atoms with van der Waals surface area (Å²) in [5, 5.41) is 0. The fourth-order valence-electron chi connectivity index (χ4n) is 6.48. The van der Waals surface area contributed by atoms with Crippen molar-refractivity contribution in [3.8, 4) is 0 Å². The number of carbonyl (C=O) groups is 2. The molecule has 0 unspecified atom stereocenters. The molecular formula is C34H23F9N2O7S2. The number of hydrogen-bond donors (Lipinski definition) is 1. The number of carbonyl (C=O) groups excluding carboxylic acids is 2. The number of nitrogens with zero attached hydrogens (tertiary/aromatic N) is 1. The van der Waals surface area contributed by atoms with E-state index < -0.39 is 124 Å². The summed E-state index contributed by atoms with van der Waals surface area (Å²) in [6.07, 6.45) is -13.1. The number of halogens is 9. The summed E-state index contributed by atoms with van der Waals surface area (Å²) in [5.74, 6) is -5.71. The first-order chi connectivity index (χ1) is 25.1. The van der Waals surface area contributed by atoms with Crippen molar-refractivity contribution in [2.24, 2.45) is 0 Å². The molecule has 0 spiro atoms. The monoisotopic (exact) mass is 806 g/mol. The number of ether oxygens (including phenoxy) is 1. The molecule has 20 heteroatoms. The number of amides is 2. The highest BCUT2D eigenvalue weighted by Crippen LogP contribution is 2.54. The summed E-state index contributed by atoms with van der Waals surface area (Å²) in [6, 6.07) is 10.2. The highest BCUT2D eigenvalue weighted by molar-refractivity contribution is 7.92. The summed E-state index contributed by atoms with van der Waals surface area (Å²) in [6.45, 7) is -3.00. The van der Waals surface area contributed by atoms with Crippen LogP contribution >= 0.6 is 0 Å². The van der Waals surface area contributed by atoms with Gasteiger partial charge < -0.3 is 9.64 Å². The van der Waals surface area contributed by atoms with Crippen LogP contribution < -0.4 is 4.72 Å². The van der Waals surface area contributed by atoms with Gasteiger partial charge in [0.2, 0.25) is 0 Å². The van der Waals surface area contributed by atoms with Gasteiger partial charge >= 0.3 is 12.4 Å². The molecule has 2 heterocycles. The van der Waals surface area contributed by atoms with E-state index in [1.807, 2.05) is 0 Å². The lowest BCUT2D eigenvalue weighted by molar-refractivity contribution is -0.392. The molecular weight excluding hydrogens is 783 g/mol. The topological polar surface area (TPSA) is 127 Å². The van der Waals surface area contributed by atoms with E-state index in [1.54, 1.807) is 4.72 Å². The van der Waals surface area contributed by atoms with Gasteiger partial charge in [-0.05, 0) is 66.6 Å². The van der Waals surface area contributed by atoms with Crippen molar-refractivity contribution in [2.75, 3.05) is 13.1 Å². The number of hydrogen-bond acceptors (Lipinski definition) is 7. The Kier molecular flexibility index (Phi) is 9.42. The number of rotatable bonds is 8. The predicted octanol–water partition coefficient (Wildman–Crippen LogP) is 6.29. The summed E-state index contributed by atoms with van der Waals surface area (Å²) >= 11 is 0. The van der Waals surface area contributed by atoms with Gasteiger partial charge in [0, 0.05) is 29.8 Å². The number of sulfone groups is 1. The molecule has 9 nitrogen and oxygen atoms in total. The Hall–Kier alpha value is -4.95. The third-order valence-electron chi connectivity index (χ3n) is 9.26. The second kappa shape index (κ2) is 13.1. The molecule has 0 aromatic heterocycles. The van der Waals surface area contributed by atoms with Crippen LogP contribution in [0.25, 0.3) is 0 Å². The molecule has 1 N–H and O–H groups in total. The first kappa shape index (κ1) is 38.8. The van der Waals surface area contributed by atoms with E-state index in [9.17, 15) is 65.9 Å². The minimum absolute atomic E-state index is 0.266. The van der Waals surface area contributed by atoms with Gasteiger partial charge in [-0.2, -0.15) is 26.3 Å². The first-order valence-electron chi connectivity index (χ1n) is 15.4. The molecule has 2 aliphatic rings. The first-order valence-corrected chi connectivity index (χ1v) is 18.3. The average Bonchev–Trinajstić information content (AvgIpc) is 3.64. The highest BCUT2D eigenvalue weighted by atomic mass is 32.2. The SMILES string of the molecule is O=C1NS(=O)(=O)c2cc(C(=O)N3CC[C@](c4ccc(C(OCc5c(F)cccc5F)(C(F)(F)F)C(F)(F)F)cc4)(S(=O)(=O)c4ccc(F)cc4)C3)ccc21. The van der Waals surface area contributed by atoms with Crippen molar-refractivity contribution in [1.29, 1.82) is 0 Å². The van der Waals surface area contributed by atoms with Crippen LogP contribution in [0.3, 0.4) is 0 Å². The Morgan fingerprint density at radius 3 is 2.02 bits per heavy atom. The van der Waals surface area contributed by atoms with E-state index in [2.05, 4.69) is 4.74 Å². The Morgan fingerprint density at radius 1 is 0.852 bits per heavy atom.